The van der Waals surface area contributed by atoms with Crippen molar-refractivity contribution < 1.29 is 4.79 Å². The fourth-order valence-electron chi connectivity index (χ4n) is 0.919. The number of halogens is 3. The number of benzene rings is 1. The molecule has 0 saturated heterocycles. The molecule has 0 spiro atoms. The van der Waals surface area contributed by atoms with E-state index in [1.165, 1.54) is 0 Å². The van der Waals surface area contributed by atoms with Crippen LogP contribution in [0.15, 0.2) is 18.2 Å². The number of hydrogen-bond acceptors (Lipinski definition) is 1. The summed E-state index contributed by atoms with van der Waals surface area (Å²) in [5.41, 5.74) is 0.506. The van der Waals surface area contributed by atoms with Gasteiger partial charge in [-0.2, -0.15) is 0 Å². The minimum atomic E-state index is -0.262. The number of carbonyl (C=O) groups excluding carboxylic acids is 1. The van der Waals surface area contributed by atoms with Crippen molar-refractivity contribution in [3.8, 4) is 0 Å². The van der Waals surface area contributed by atoms with Crippen LogP contribution < -0.4 is 5.32 Å². The van der Waals surface area contributed by atoms with E-state index in [-0.39, 0.29) is 17.7 Å². The highest BCUT2D eigenvalue weighted by atomic mass is 35.5. The molecule has 1 amide bonds. The Balaban J connectivity index is 2.80. The molecule has 0 fully saturated rings. The van der Waals surface area contributed by atoms with Crippen molar-refractivity contribution in [2.75, 3.05) is 11.2 Å². The maximum atomic E-state index is 11.5. The van der Waals surface area contributed by atoms with Crippen LogP contribution in [0.3, 0.4) is 0 Å². The Bertz CT molecular complexity index is 368. The third-order valence-electron chi connectivity index (χ3n) is 1.87. The molecule has 1 atom stereocenters. The van der Waals surface area contributed by atoms with E-state index in [9.17, 15) is 4.79 Å². The number of hydrogen-bond donors (Lipinski definition) is 1. The third-order valence-corrected chi connectivity index (χ3v) is 2.89. The number of nitrogens with one attached hydrogen (secondary N) is 1. The fraction of sp³-hybridized carbons (Fsp3) is 0.300. The second-order valence-electron chi connectivity index (χ2n) is 3.17. The van der Waals surface area contributed by atoms with Crippen LogP contribution >= 0.6 is 34.8 Å². The number of carbonyl (C=O) groups is 1. The summed E-state index contributed by atoms with van der Waals surface area (Å²) in [4.78, 5) is 11.5. The molecule has 0 aromatic heterocycles. The van der Waals surface area contributed by atoms with E-state index in [1.54, 1.807) is 25.1 Å². The van der Waals surface area contributed by atoms with E-state index >= 15 is 0 Å². The van der Waals surface area contributed by atoms with Gasteiger partial charge < -0.3 is 5.32 Å². The van der Waals surface area contributed by atoms with Gasteiger partial charge >= 0.3 is 0 Å². The van der Waals surface area contributed by atoms with Gasteiger partial charge in [-0.3, -0.25) is 4.79 Å². The topological polar surface area (TPSA) is 29.1 Å². The normalized spacial score (nSPS) is 12.3. The molecule has 1 rings (SSSR count). The Morgan fingerprint density at radius 3 is 2.73 bits per heavy atom. The van der Waals surface area contributed by atoms with E-state index in [1.807, 2.05) is 0 Å². The Morgan fingerprint density at radius 2 is 2.13 bits per heavy atom. The van der Waals surface area contributed by atoms with Crippen LogP contribution in [0.1, 0.15) is 6.92 Å². The zero-order valence-corrected chi connectivity index (χ0v) is 10.3. The first kappa shape index (κ1) is 12.6. The van der Waals surface area contributed by atoms with Gasteiger partial charge in [0.15, 0.2) is 0 Å². The summed E-state index contributed by atoms with van der Waals surface area (Å²) in [6.07, 6.45) is 0. The molecule has 0 radical (unpaired) electrons. The number of anilines is 1. The van der Waals surface area contributed by atoms with Gasteiger partial charge in [0.25, 0.3) is 0 Å². The summed E-state index contributed by atoms with van der Waals surface area (Å²) in [6, 6.07) is 4.89. The summed E-state index contributed by atoms with van der Waals surface area (Å²) in [5.74, 6) is -0.166. The van der Waals surface area contributed by atoms with E-state index < -0.39 is 0 Å². The smallest absolute Gasteiger partial charge is 0.228 e. The van der Waals surface area contributed by atoms with Crippen LogP contribution in [0.5, 0.6) is 0 Å². The number of amides is 1. The maximum absolute atomic E-state index is 11.5. The monoisotopic (exact) mass is 265 g/mol. The van der Waals surface area contributed by atoms with Gasteiger partial charge in [0.2, 0.25) is 5.91 Å². The Morgan fingerprint density at radius 1 is 1.47 bits per heavy atom. The Hall–Kier alpha value is -0.440. The van der Waals surface area contributed by atoms with Crippen LogP contribution in [0.4, 0.5) is 5.69 Å². The van der Waals surface area contributed by atoms with Crippen molar-refractivity contribution >= 4 is 46.4 Å². The first-order chi connectivity index (χ1) is 7.04. The van der Waals surface area contributed by atoms with E-state index in [0.717, 1.165) is 0 Å². The molecule has 15 heavy (non-hydrogen) atoms. The second kappa shape index (κ2) is 5.59. The molecule has 1 aromatic carbocycles. The molecule has 82 valence electrons. The SMILES string of the molecule is CC(CCl)C(=O)Nc1cc(Cl)ccc1Cl. The van der Waals surface area contributed by atoms with Crippen molar-refractivity contribution in [1.82, 2.24) is 0 Å². The van der Waals surface area contributed by atoms with Crippen LogP contribution in [-0.2, 0) is 4.79 Å². The zero-order chi connectivity index (χ0) is 11.4. The first-order valence-electron chi connectivity index (χ1n) is 4.36. The van der Waals surface area contributed by atoms with Crippen molar-refractivity contribution in [2.45, 2.75) is 6.92 Å². The van der Waals surface area contributed by atoms with Crippen LogP contribution in [0.2, 0.25) is 10.0 Å². The minimum Gasteiger partial charge on any atom is -0.324 e. The molecule has 5 heteroatoms. The molecule has 0 aliphatic rings. The molecule has 1 unspecified atom stereocenters. The molecule has 2 nitrogen and oxygen atoms in total. The predicted molar refractivity (Wildman–Crippen MR) is 65.0 cm³/mol. The average Bonchev–Trinajstić information content (AvgIpc) is 2.22. The van der Waals surface area contributed by atoms with E-state index in [4.69, 9.17) is 34.8 Å². The third kappa shape index (κ3) is 3.56. The average molecular weight is 267 g/mol. The number of alkyl halides is 1. The molecule has 0 aliphatic heterocycles. The highest BCUT2D eigenvalue weighted by Crippen LogP contribution is 2.25. The summed E-state index contributed by atoms with van der Waals surface area (Å²) in [7, 11) is 0. The lowest BCUT2D eigenvalue weighted by Crippen LogP contribution is -2.21. The van der Waals surface area contributed by atoms with Gasteiger partial charge in [0, 0.05) is 16.8 Å². The van der Waals surface area contributed by atoms with Gasteiger partial charge in [-0.1, -0.05) is 30.1 Å². The molecule has 1 aromatic rings. The largest absolute Gasteiger partial charge is 0.324 e. The lowest BCUT2D eigenvalue weighted by Gasteiger charge is -2.10. The van der Waals surface area contributed by atoms with E-state index in [2.05, 4.69) is 5.32 Å². The predicted octanol–water partition coefficient (Wildman–Crippen LogP) is 3.81. The maximum Gasteiger partial charge on any atom is 0.228 e. The fourth-order valence-corrected chi connectivity index (χ4v) is 1.40. The van der Waals surface area contributed by atoms with Gasteiger partial charge in [-0.05, 0) is 18.2 Å². The molecule has 0 aliphatic carbocycles. The molecule has 0 saturated carbocycles. The lowest BCUT2D eigenvalue weighted by molar-refractivity contribution is -0.118. The molecular weight excluding hydrogens is 256 g/mol. The summed E-state index contributed by atoms with van der Waals surface area (Å²) in [6.45, 7) is 1.74. The standard InChI is InChI=1S/C10H10Cl3NO/c1-6(5-11)10(15)14-9-4-7(12)2-3-8(9)13/h2-4,6H,5H2,1H3,(H,14,15). The Kier molecular flexibility index (Phi) is 4.71. The van der Waals surface area contributed by atoms with Crippen LogP contribution in [0.25, 0.3) is 0 Å². The van der Waals surface area contributed by atoms with Crippen molar-refractivity contribution in [2.24, 2.45) is 5.92 Å². The Labute approximate surface area is 104 Å². The van der Waals surface area contributed by atoms with Crippen molar-refractivity contribution in [3.63, 3.8) is 0 Å². The van der Waals surface area contributed by atoms with Crippen molar-refractivity contribution in [1.29, 1.82) is 0 Å². The first-order valence-corrected chi connectivity index (χ1v) is 5.65. The summed E-state index contributed by atoms with van der Waals surface area (Å²) >= 11 is 17.2. The van der Waals surface area contributed by atoms with Gasteiger partial charge in [0.05, 0.1) is 10.7 Å². The van der Waals surface area contributed by atoms with Gasteiger partial charge in [0.1, 0.15) is 0 Å². The molecular formula is C10H10Cl3NO. The second-order valence-corrected chi connectivity index (χ2v) is 4.32. The van der Waals surface area contributed by atoms with Gasteiger partial charge in [-0.15, -0.1) is 11.6 Å². The molecule has 1 N–H and O–H groups in total. The van der Waals surface area contributed by atoms with Crippen LogP contribution in [-0.4, -0.2) is 11.8 Å². The zero-order valence-electron chi connectivity index (χ0n) is 8.06. The quantitative estimate of drug-likeness (QED) is 0.828. The lowest BCUT2D eigenvalue weighted by atomic mass is 10.2. The van der Waals surface area contributed by atoms with Gasteiger partial charge in [-0.25, -0.2) is 0 Å². The number of rotatable bonds is 3. The molecule has 0 bridgehead atoms. The minimum absolute atomic E-state index is 0.172. The summed E-state index contributed by atoms with van der Waals surface area (Å²) in [5, 5.41) is 3.64. The highest BCUT2D eigenvalue weighted by molar-refractivity contribution is 6.35. The highest BCUT2D eigenvalue weighted by Gasteiger charge is 2.13. The van der Waals surface area contributed by atoms with Crippen molar-refractivity contribution in [3.05, 3.63) is 28.2 Å². The van der Waals surface area contributed by atoms with E-state index in [0.29, 0.717) is 15.7 Å². The van der Waals surface area contributed by atoms with Crippen LogP contribution in [0, 0.1) is 5.92 Å². The summed E-state index contributed by atoms with van der Waals surface area (Å²) < 4.78 is 0. The molecule has 0 heterocycles.